The van der Waals surface area contributed by atoms with Crippen LogP contribution in [0.25, 0.3) is 109 Å². The first-order valence-corrected chi connectivity index (χ1v) is 17.6. The second-order valence-corrected chi connectivity index (χ2v) is 13.7. The zero-order valence-corrected chi connectivity index (χ0v) is 27.7. The minimum atomic E-state index is 0.909. The monoisotopic (exact) mass is 646 g/mol. The predicted molar refractivity (Wildman–Crippen MR) is 218 cm³/mol. The standard InChI is InChI=1S/C50H30O/c1-2-8-31(9-3-1)37-22-24-43-44-25-23-38(30-48(44)51-47(43)29-37)35-17-18-36-27-39(20-19-34(36)26-35)46-28-40-21-16-33-15-14-32-10-4-5-11-41(32)49(33)50(40)45-13-7-6-12-42(45)46/h1-30H. The van der Waals surface area contributed by atoms with Crippen LogP contribution in [-0.2, 0) is 0 Å². The van der Waals surface area contributed by atoms with Crippen LogP contribution in [0.2, 0.25) is 0 Å². The highest BCUT2D eigenvalue weighted by Gasteiger charge is 2.14. The van der Waals surface area contributed by atoms with E-state index < -0.39 is 0 Å². The third-order valence-electron chi connectivity index (χ3n) is 10.8. The van der Waals surface area contributed by atoms with E-state index in [0.29, 0.717) is 0 Å². The summed E-state index contributed by atoms with van der Waals surface area (Å²) in [5.41, 5.74) is 8.99. The molecule has 0 aliphatic carbocycles. The second kappa shape index (κ2) is 10.9. The Hall–Kier alpha value is -6.70. The number of fused-ring (bicyclic) bond motifs is 11. The maximum Gasteiger partial charge on any atom is 0.136 e. The molecule has 1 nitrogen and oxygen atoms in total. The van der Waals surface area contributed by atoms with Gasteiger partial charge in [-0.25, -0.2) is 0 Å². The molecule has 0 bridgehead atoms. The number of hydrogen-bond acceptors (Lipinski definition) is 1. The number of rotatable bonds is 3. The largest absolute Gasteiger partial charge is 0.456 e. The average molecular weight is 647 g/mol. The van der Waals surface area contributed by atoms with Crippen molar-refractivity contribution in [3.8, 4) is 33.4 Å². The molecule has 11 rings (SSSR count). The fraction of sp³-hybridized carbons (Fsp3) is 0. The van der Waals surface area contributed by atoms with Crippen LogP contribution in [-0.4, -0.2) is 0 Å². The molecule has 0 radical (unpaired) electrons. The van der Waals surface area contributed by atoms with Crippen LogP contribution in [0.15, 0.2) is 186 Å². The highest BCUT2D eigenvalue weighted by Crippen LogP contribution is 2.42. The Labute approximate surface area is 294 Å². The van der Waals surface area contributed by atoms with Crippen molar-refractivity contribution in [3.63, 3.8) is 0 Å². The van der Waals surface area contributed by atoms with Crippen molar-refractivity contribution in [2.24, 2.45) is 0 Å². The molecule has 10 aromatic carbocycles. The van der Waals surface area contributed by atoms with E-state index >= 15 is 0 Å². The molecular weight excluding hydrogens is 617 g/mol. The molecule has 0 aliphatic heterocycles. The Kier molecular flexibility index (Phi) is 6.02. The van der Waals surface area contributed by atoms with Gasteiger partial charge in [-0.3, -0.25) is 0 Å². The zero-order valence-electron chi connectivity index (χ0n) is 27.7. The van der Waals surface area contributed by atoms with Crippen molar-refractivity contribution in [1.82, 2.24) is 0 Å². The average Bonchev–Trinajstić information content (AvgIpc) is 3.57. The predicted octanol–water partition coefficient (Wildman–Crippen LogP) is 14.4. The van der Waals surface area contributed by atoms with Gasteiger partial charge in [-0.15, -0.1) is 0 Å². The molecule has 0 spiro atoms. The van der Waals surface area contributed by atoms with Gasteiger partial charge in [-0.1, -0.05) is 140 Å². The quantitative estimate of drug-likeness (QED) is 0.174. The minimum Gasteiger partial charge on any atom is -0.456 e. The van der Waals surface area contributed by atoms with Crippen LogP contribution < -0.4 is 0 Å². The summed E-state index contributed by atoms with van der Waals surface area (Å²) in [6, 6.07) is 66.3. The molecular formula is C50H30O. The molecule has 0 unspecified atom stereocenters. The van der Waals surface area contributed by atoms with E-state index in [9.17, 15) is 0 Å². The van der Waals surface area contributed by atoms with Gasteiger partial charge in [0, 0.05) is 10.8 Å². The molecule has 1 heterocycles. The third-order valence-corrected chi connectivity index (χ3v) is 10.8. The Morgan fingerprint density at radius 3 is 1.53 bits per heavy atom. The molecule has 0 fully saturated rings. The second-order valence-electron chi connectivity index (χ2n) is 13.7. The molecule has 0 N–H and O–H groups in total. The van der Waals surface area contributed by atoms with Crippen LogP contribution in [0.3, 0.4) is 0 Å². The van der Waals surface area contributed by atoms with E-state index in [1.54, 1.807) is 0 Å². The van der Waals surface area contributed by atoms with Gasteiger partial charge < -0.3 is 4.42 Å². The van der Waals surface area contributed by atoms with Gasteiger partial charge in [0.05, 0.1) is 0 Å². The summed E-state index contributed by atoms with van der Waals surface area (Å²) >= 11 is 0. The summed E-state index contributed by atoms with van der Waals surface area (Å²) in [4.78, 5) is 0. The third kappa shape index (κ3) is 4.42. The Morgan fingerprint density at radius 2 is 0.765 bits per heavy atom. The van der Waals surface area contributed by atoms with Crippen LogP contribution in [0.4, 0.5) is 0 Å². The van der Waals surface area contributed by atoms with Crippen molar-refractivity contribution < 1.29 is 4.42 Å². The summed E-state index contributed by atoms with van der Waals surface area (Å²) in [6.45, 7) is 0. The minimum absolute atomic E-state index is 0.909. The van der Waals surface area contributed by atoms with Gasteiger partial charge in [-0.05, 0) is 130 Å². The molecule has 0 saturated heterocycles. The van der Waals surface area contributed by atoms with Crippen molar-refractivity contribution in [1.29, 1.82) is 0 Å². The first kappa shape index (κ1) is 28.2. The van der Waals surface area contributed by atoms with Crippen molar-refractivity contribution in [2.75, 3.05) is 0 Å². The molecule has 1 heteroatoms. The molecule has 0 atom stereocenters. The lowest BCUT2D eigenvalue weighted by Gasteiger charge is -2.15. The zero-order chi connectivity index (χ0) is 33.5. The molecule has 0 saturated carbocycles. The van der Waals surface area contributed by atoms with Gasteiger partial charge in [0.2, 0.25) is 0 Å². The van der Waals surface area contributed by atoms with Crippen molar-refractivity contribution in [2.45, 2.75) is 0 Å². The van der Waals surface area contributed by atoms with E-state index in [1.807, 2.05) is 6.07 Å². The molecule has 11 aromatic rings. The van der Waals surface area contributed by atoms with Gasteiger partial charge in [0.25, 0.3) is 0 Å². The SMILES string of the molecule is c1ccc(-c2ccc3c(c2)oc2cc(-c4ccc5cc(-c6cc7ccc8ccc9ccccc9c8c7c7ccccc67)ccc5c4)ccc23)cc1. The van der Waals surface area contributed by atoms with Crippen molar-refractivity contribution >= 4 is 75.8 Å². The Bertz CT molecular complexity index is 3180. The van der Waals surface area contributed by atoms with Crippen LogP contribution in [0.5, 0.6) is 0 Å². The highest BCUT2D eigenvalue weighted by atomic mass is 16.3. The number of furan rings is 1. The van der Waals surface area contributed by atoms with E-state index in [4.69, 9.17) is 4.42 Å². The normalized spacial score (nSPS) is 11.9. The smallest absolute Gasteiger partial charge is 0.136 e. The summed E-state index contributed by atoms with van der Waals surface area (Å²) in [6.07, 6.45) is 0. The number of hydrogen-bond donors (Lipinski definition) is 0. The lowest BCUT2D eigenvalue weighted by atomic mass is 9.88. The number of benzene rings is 10. The maximum absolute atomic E-state index is 6.44. The van der Waals surface area contributed by atoms with E-state index in [0.717, 1.165) is 33.1 Å². The fourth-order valence-electron chi connectivity index (χ4n) is 8.29. The molecule has 236 valence electrons. The highest BCUT2D eigenvalue weighted by molar-refractivity contribution is 6.29. The summed E-state index contributed by atoms with van der Waals surface area (Å²) in [7, 11) is 0. The van der Waals surface area contributed by atoms with Gasteiger partial charge >= 0.3 is 0 Å². The van der Waals surface area contributed by atoms with Crippen molar-refractivity contribution in [3.05, 3.63) is 182 Å². The van der Waals surface area contributed by atoms with E-state index in [-0.39, 0.29) is 0 Å². The van der Waals surface area contributed by atoms with Gasteiger partial charge in [0.15, 0.2) is 0 Å². The van der Waals surface area contributed by atoms with Gasteiger partial charge in [-0.2, -0.15) is 0 Å². The van der Waals surface area contributed by atoms with Gasteiger partial charge in [0.1, 0.15) is 11.2 Å². The fourth-order valence-corrected chi connectivity index (χ4v) is 8.29. The maximum atomic E-state index is 6.44. The van der Waals surface area contributed by atoms with Crippen LogP contribution in [0, 0.1) is 0 Å². The van der Waals surface area contributed by atoms with E-state index in [1.165, 1.54) is 76.1 Å². The first-order chi connectivity index (χ1) is 25.2. The molecule has 0 aliphatic rings. The molecule has 1 aromatic heterocycles. The van der Waals surface area contributed by atoms with Crippen LogP contribution in [0.1, 0.15) is 0 Å². The lowest BCUT2D eigenvalue weighted by Crippen LogP contribution is -1.88. The summed E-state index contributed by atoms with van der Waals surface area (Å²) < 4.78 is 6.44. The Morgan fingerprint density at radius 1 is 0.255 bits per heavy atom. The summed E-state index contributed by atoms with van der Waals surface area (Å²) in [5, 5.41) is 15.1. The Balaban J connectivity index is 1.01. The molecule has 0 amide bonds. The molecule has 51 heavy (non-hydrogen) atoms. The lowest BCUT2D eigenvalue weighted by molar-refractivity contribution is 0.669. The van der Waals surface area contributed by atoms with E-state index in [2.05, 4.69) is 176 Å². The summed E-state index contributed by atoms with van der Waals surface area (Å²) in [5.74, 6) is 0. The first-order valence-electron chi connectivity index (χ1n) is 17.6. The topological polar surface area (TPSA) is 13.1 Å². The van der Waals surface area contributed by atoms with Crippen LogP contribution >= 0.6 is 0 Å².